The number of hydrogen-bond acceptors (Lipinski definition) is 7. The molecule has 0 radical (unpaired) electrons. The summed E-state index contributed by atoms with van der Waals surface area (Å²) in [7, 11) is 0. The molecule has 2 aromatic rings. The number of carbonyl (C=O) groups excluding carboxylic acids is 1. The van der Waals surface area contributed by atoms with Crippen molar-refractivity contribution in [2.24, 2.45) is 0 Å². The van der Waals surface area contributed by atoms with Gasteiger partial charge < -0.3 is 23.7 Å². The summed E-state index contributed by atoms with van der Waals surface area (Å²) in [5, 5.41) is 10.8. The summed E-state index contributed by atoms with van der Waals surface area (Å²) in [6.45, 7) is 7.80. The molecule has 7 heteroatoms. The monoisotopic (exact) mass is 416 g/mol. The molecule has 0 atom stereocenters. The van der Waals surface area contributed by atoms with Crippen LogP contribution in [0.2, 0.25) is 0 Å². The molecule has 2 rings (SSSR count). The van der Waals surface area contributed by atoms with Gasteiger partial charge in [0.05, 0.1) is 12.0 Å². The van der Waals surface area contributed by atoms with Crippen molar-refractivity contribution < 1.29 is 28.5 Å². The van der Waals surface area contributed by atoms with Gasteiger partial charge in [0.25, 0.3) is 0 Å². The van der Waals surface area contributed by atoms with Crippen LogP contribution >= 0.6 is 0 Å². The molecule has 30 heavy (non-hydrogen) atoms. The number of rotatable bonds is 10. The number of hydrogen-bond donors (Lipinski definition) is 1. The highest BCUT2D eigenvalue weighted by atomic mass is 16.6. The topological polar surface area (TPSA) is 95.2 Å². The summed E-state index contributed by atoms with van der Waals surface area (Å²) in [4.78, 5) is 23.8. The van der Waals surface area contributed by atoms with Gasteiger partial charge in [-0.3, -0.25) is 0 Å². The second-order valence-electron chi connectivity index (χ2n) is 6.98. The molecule has 0 amide bonds. The van der Waals surface area contributed by atoms with Gasteiger partial charge in [-0.05, 0) is 58.7 Å². The van der Waals surface area contributed by atoms with Crippen LogP contribution in [-0.2, 0) is 9.53 Å². The van der Waals surface area contributed by atoms with Crippen LogP contribution in [0.15, 0.2) is 50.7 Å². The summed E-state index contributed by atoms with van der Waals surface area (Å²) >= 11 is 0. The molecular formula is C23H28O7. The Morgan fingerprint density at radius 2 is 1.93 bits per heavy atom. The number of esters is 1. The Morgan fingerprint density at radius 1 is 1.17 bits per heavy atom. The van der Waals surface area contributed by atoms with E-state index in [-0.39, 0.29) is 48.0 Å². The van der Waals surface area contributed by atoms with Crippen LogP contribution in [0.1, 0.15) is 40.5 Å². The molecule has 1 N–H and O–H groups in total. The normalized spacial score (nSPS) is 11.3. The average molecular weight is 416 g/mol. The van der Waals surface area contributed by atoms with Crippen molar-refractivity contribution >= 4 is 16.9 Å². The van der Waals surface area contributed by atoms with Crippen molar-refractivity contribution in [1.82, 2.24) is 0 Å². The van der Waals surface area contributed by atoms with Gasteiger partial charge in [-0.25, -0.2) is 9.59 Å². The minimum atomic E-state index is -0.831. The number of aromatic hydroxyl groups is 1. The van der Waals surface area contributed by atoms with E-state index in [1.165, 1.54) is 11.6 Å². The second kappa shape index (κ2) is 11.1. The van der Waals surface area contributed by atoms with E-state index in [9.17, 15) is 14.7 Å². The summed E-state index contributed by atoms with van der Waals surface area (Å²) in [6.07, 6.45) is 5.83. The van der Waals surface area contributed by atoms with Gasteiger partial charge in [0.2, 0.25) is 5.75 Å². The maximum absolute atomic E-state index is 12.3. The Morgan fingerprint density at radius 3 is 2.63 bits per heavy atom. The Bertz CT molecular complexity index is 995. The first-order valence-corrected chi connectivity index (χ1v) is 9.82. The SMILES string of the molecule is CCOC(=O)COc1cccc2c(O)c(OC/C=C(\C)CCC=C(C)C)c(=O)oc12. The molecule has 1 aromatic carbocycles. The number of allylic oxidation sites excluding steroid dienone is 3. The largest absolute Gasteiger partial charge is 0.504 e. The van der Waals surface area contributed by atoms with Crippen LogP contribution in [0.25, 0.3) is 11.0 Å². The van der Waals surface area contributed by atoms with Crippen LogP contribution < -0.4 is 15.1 Å². The third kappa shape index (κ3) is 6.40. The minimum Gasteiger partial charge on any atom is -0.504 e. The lowest BCUT2D eigenvalue weighted by Crippen LogP contribution is -2.15. The first kappa shape index (κ1) is 23.1. The van der Waals surface area contributed by atoms with E-state index in [1.54, 1.807) is 19.1 Å². The molecule has 1 aromatic heterocycles. The van der Waals surface area contributed by atoms with E-state index in [0.29, 0.717) is 0 Å². The predicted octanol–water partition coefficient (Wildman–Crippen LogP) is 4.51. The maximum Gasteiger partial charge on any atom is 0.383 e. The van der Waals surface area contributed by atoms with Gasteiger partial charge in [0.15, 0.2) is 23.7 Å². The van der Waals surface area contributed by atoms with E-state index in [1.807, 2.05) is 13.0 Å². The maximum atomic E-state index is 12.3. The Labute approximate surface area is 175 Å². The molecular weight excluding hydrogens is 388 g/mol. The summed E-state index contributed by atoms with van der Waals surface area (Å²) in [6, 6.07) is 4.71. The Balaban J connectivity index is 2.16. The lowest BCUT2D eigenvalue weighted by Gasteiger charge is -2.11. The quantitative estimate of drug-likeness (QED) is 0.346. The lowest BCUT2D eigenvalue weighted by molar-refractivity contribution is -0.145. The van der Waals surface area contributed by atoms with E-state index in [2.05, 4.69) is 19.9 Å². The van der Waals surface area contributed by atoms with Gasteiger partial charge in [-0.1, -0.05) is 23.3 Å². The molecule has 0 saturated heterocycles. The Hall–Kier alpha value is -3.22. The number of fused-ring (bicyclic) bond motifs is 1. The molecule has 0 aliphatic carbocycles. The zero-order chi connectivity index (χ0) is 22.1. The van der Waals surface area contributed by atoms with Gasteiger partial charge >= 0.3 is 11.6 Å². The van der Waals surface area contributed by atoms with Crippen molar-refractivity contribution in [3.63, 3.8) is 0 Å². The first-order chi connectivity index (χ1) is 14.3. The third-order valence-corrected chi connectivity index (χ3v) is 4.23. The molecule has 162 valence electrons. The van der Waals surface area contributed by atoms with E-state index in [0.717, 1.165) is 18.4 Å². The lowest BCUT2D eigenvalue weighted by atomic mass is 10.1. The molecule has 1 heterocycles. The molecule has 7 nitrogen and oxygen atoms in total. The number of ether oxygens (including phenoxy) is 3. The zero-order valence-electron chi connectivity index (χ0n) is 17.8. The van der Waals surface area contributed by atoms with E-state index >= 15 is 0 Å². The summed E-state index contributed by atoms with van der Waals surface area (Å²) < 4.78 is 21.0. The fourth-order valence-electron chi connectivity index (χ4n) is 2.70. The van der Waals surface area contributed by atoms with E-state index < -0.39 is 11.6 Å². The smallest absolute Gasteiger partial charge is 0.383 e. The summed E-state index contributed by atoms with van der Waals surface area (Å²) in [5.41, 5.74) is 1.59. The van der Waals surface area contributed by atoms with Crippen LogP contribution in [0, 0.1) is 0 Å². The van der Waals surface area contributed by atoms with Crippen LogP contribution in [0.3, 0.4) is 0 Å². The third-order valence-electron chi connectivity index (χ3n) is 4.23. The Kier molecular flexibility index (Phi) is 8.53. The van der Waals surface area contributed by atoms with Crippen molar-refractivity contribution in [3.05, 3.63) is 51.9 Å². The molecule has 0 aliphatic heterocycles. The van der Waals surface area contributed by atoms with Gasteiger partial charge in [-0.15, -0.1) is 0 Å². The molecule has 0 fully saturated rings. The molecule has 0 spiro atoms. The van der Waals surface area contributed by atoms with Crippen molar-refractivity contribution in [2.75, 3.05) is 19.8 Å². The van der Waals surface area contributed by atoms with Crippen molar-refractivity contribution in [3.8, 4) is 17.2 Å². The fraction of sp³-hybridized carbons (Fsp3) is 0.391. The minimum absolute atomic E-state index is 0.0325. The van der Waals surface area contributed by atoms with Gasteiger partial charge in [0, 0.05) is 0 Å². The average Bonchev–Trinajstić information content (AvgIpc) is 2.69. The number of para-hydroxylation sites is 1. The summed E-state index contributed by atoms with van der Waals surface area (Å²) in [5.74, 6) is -1.00. The number of carbonyl (C=O) groups is 1. The zero-order valence-corrected chi connectivity index (χ0v) is 17.8. The predicted molar refractivity (Wildman–Crippen MR) is 114 cm³/mol. The van der Waals surface area contributed by atoms with Crippen molar-refractivity contribution in [2.45, 2.75) is 40.5 Å². The fourth-order valence-corrected chi connectivity index (χ4v) is 2.70. The standard InChI is InChI=1S/C23H28O7/c1-5-27-19(24)14-29-18-11-7-10-17-20(25)22(23(26)30-21(17)18)28-13-12-16(4)9-6-8-15(2)3/h7-8,10-12,25H,5-6,9,13-14H2,1-4H3/b16-12+. The highest BCUT2D eigenvalue weighted by Gasteiger charge is 2.18. The number of benzene rings is 1. The second-order valence-corrected chi connectivity index (χ2v) is 6.98. The molecule has 0 unspecified atom stereocenters. The van der Waals surface area contributed by atoms with Crippen molar-refractivity contribution in [1.29, 1.82) is 0 Å². The highest BCUT2D eigenvalue weighted by Crippen LogP contribution is 2.35. The first-order valence-electron chi connectivity index (χ1n) is 9.82. The van der Waals surface area contributed by atoms with Crippen LogP contribution in [0.4, 0.5) is 0 Å². The van der Waals surface area contributed by atoms with Crippen LogP contribution in [-0.4, -0.2) is 30.9 Å². The highest BCUT2D eigenvalue weighted by molar-refractivity contribution is 5.89. The van der Waals surface area contributed by atoms with E-state index in [4.69, 9.17) is 18.6 Å². The molecule has 0 saturated carbocycles. The van der Waals surface area contributed by atoms with Gasteiger partial charge in [-0.2, -0.15) is 0 Å². The van der Waals surface area contributed by atoms with Crippen LogP contribution in [0.5, 0.6) is 17.2 Å². The van der Waals surface area contributed by atoms with Gasteiger partial charge in [0.1, 0.15) is 6.61 Å². The molecule has 0 aliphatic rings. The molecule has 0 bridgehead atoms.